The Balaban J connectivity index is 2.29. The van der Waals surface area contributed by atoms with Crippen molar-refractivity contribution in [3.63, 3.8) is 0 Å². The van der Waals surface area contributed by atoms with Crippen molar-refractivity contribution in [1.82, 2.24) is 0 Å². The summed E-state index contributed by atoms with van der Waals surface area (Å²) in [6.45, 7) is 0.423. The highest BCUT2D eigenvalue weighted by molar-refractivity contribution is 9.10. The van der Waals surface area contributed by atoms with Crippen molar-refractivity contribution in [2.45, 2.75) is 6.42 Å². The molecule has 2 N–H and O–H groups in total. The van der Waals surface area contributed by atoms with E-state index in [1.807, 2.05) is 0 Å². The number of rotatable bonds is 4. The predicted octanol–water partition coefficient (Wildman–Crippen LogP) is 4.02. The molecule has 2 rings (SSSR count). The molecule has 0 heterocycles. The van der Waals surface area contributed by atoms with Crippen LogP contribution in [-0.2, 0) is 6.42 Å². The third-order valence-corrected chi connectivity index (χ3v) is 3.14. The van der Waals surface area contributed by atoms with Crippen molar-refractivity contribution in [3.05, 3.63) is 58.1 Å². The van der Waals surface area contributed by atoms with Crippen molar-refractivity contribution >= 4 is 15.9 Å². The molecule has 100 valence electrons. The van der Waals surface area contributed by atoms with E-state index in [9.17, 15) is 8.78 Å². The highest BCUT2D eigenvalue weighted by Gasteiger charge is 2.07. The largest absolute Gasteiger partial charge is 0.456 e. The summed E-state index contributed by atoms with van der Waals surface area (Å²) in [5.41, 5.74) is 6.18. The Morgan fingerprint density at radius 2 is 1.84 bits per heavy atom. The SMILES string of the molecule is NCCc1cc(F)cc(Oc2cc(F)ccc2Br)c1. The number of hydrogen-bond acceptors (Lipinski definition) is 2. The molecule has 0 aliphatic carbocycles. The van der Waals surface area contributed by atoms with Crippen LogP contribution in [0.2, 0.25) is 0 Å². The first kappa shape index (κ1) is 14.0. The van der Waals surface area contributed by atoms with Gasteiger partial charge in [0.05, 0.1) is 4.47 Å². The zero-order valence-electron chi connectivity index (χ0n) is 10.00. The second kappa shape index (κ2) is 6.12. The Bertz CT molecular complexity index is 590. The van der Waals surface area contributed by atoms with E-state index in [-0.39, 0.29) is 0 Å². The number of ether oxygens (including phenoxy) is 1. The number of nitrogens with two attached hydrogens (primary N) is 1. The molecule has 0 radical (unpaired) electrons. The van der Waals surface area contributed by atoms with E-state index in [0.717, 1.165) is 5.56 Å². The average Bonchev–Trinajstić information content (AvgIpc) is 2.33. The lowest BCUT2D eigenvalue weighted by molar-refractivity contribution is 0.467. The minimum absolute atomic E-state index is 0.296. The van der Waals surface area contributed by atoms with Crippen LogP contribution >= 0.6 is 15.9 Å². The first-order chi connectivity index (χ1) is 9.08. The molecule has 0 saturated carbocycles. The average molecular weight is 328 g/mol. The van der Waals surface area contributed by atoms with Crippen LogP contribution in [0.1, 0.15) is 5.56 Å². The van der Waals surface area contributed by atoms with Gasteiger partial charge in [-0.15, -0.1) is 0 Å². The van der Waals surface area contributed by atoms with Gasteiger partial charge in [0, 0.05) is 12.1 Å². The molecular weight excluding hydrogens is 316 g/mol. The standard InChI is InChI=1S/C14H12BrF2NO/c15-13-2-1-10(16)8-14(13)19-12-6-9(3-4-18)5-11(17)7-12/h1-2,5-8H,3-4,18H2. The van der Waals surface area contributed by atoms with Crippen LogP contribution in [0.5, 0.6) is 11.5 Å². The van der Waals surface area contributed by atoms with Gasteiger partial charge in [-0.25, -0.2) is 8.78 Å². The zero-order chi connectivity index (χ0) is 13.8. The summed E-state index contributed by atoms with van der Waals surface area (Å²) >= 11 is 3.25. The normalized spacial score (nSPS) is 10.5. The van der Waals surface area contributed by atoms with Gasteiger partial charge >= 0.3 is 0 Å². The monoisotopic (exact) mass is 327 g/mol. The molecule has 0 bridgehead atoms. The van der Waals surface area contributed by atoms with Crippen LogP contribution in [0.4, 0.5) is 8.78 Å². The van der Waals surface area contributed by atoms with Crippen molar-refractivity contribution in [1.29, 1.82) is 0 Å². The number of benzene rings is 2. The van der Waals surface area contributed by atoms with Crippen LogP contribution < -0.4 is 10.5 Å². The summed E-state index contributed by atoms with van der Waals surface area (Å²) in [7, 11) is 0. The van der Waals surface area contributed by atoms with Gasteiger partial charge in [0.1, 0.15) is 23.1 Å². The van der Waals surface area contributed by atoms with Gasteiger partial charge in [-0.1, -0.05) is 0 Å². The summed E-state index contributed by atoms with van der Waals surface area (Å²) in [5, 5.41) is 0. The zero-order valence-corrected chi connectivity index (χ0v) is 11.6. The van der Waals surface area contributed by atoms with Gasteiger partial charge in [-0.3, -0.25) is 0 Å². The van der Waals surface area contributed by atoms with Crippen LogP contribution in [0, 0.1) is 11.6 Å². The molecule has 2 nitrogen and oxygen atoms in total. The fraction of sp³-hybridized carbons (Fsp3) is 0.143. The molecule has 0 fully saturated rings. The molecular formula is C14H12BrF2NO. The highest BCUT2D eigenvalue weighted by Crippen LogP contribution is 2.31. The van der Waals surface area contributed by atoms with Gasteiger partial charge in [0.25, 0.3) is 0 Å². The molecule has 0 amide bonds. The van der Waals surface area contributed by atoms with E-state index in [0.29, 0.717) is 28.9 Å². The Kier molecular flexibility index (Phi) is 4.50. The van der Waals surface area contributed by atoms with Gasteiger partial charge in [0.2, 0.25) is 0 Å². The molecule has 0 spiro atoms. The van der Waals surface area contributed by atoms with E-state index < -0.39 is 11.6 Å². The Labute approximate surface area is 118 Å². The van der Waals surface area contributed by atoms with Gasteiger partial charge in [-0.05, 0) is 58.7 Å². The molecule has 19 heavy (non-hydrogen) atoms. The fourth-order valence-electron chi connectivity index (χ4n) is 1.67. The molecule has 0 aromatic heterocycles. The molecule has 0 saturated heterocycles. The summed E-state index contributed by atoms with van der Waals surface area (Å²) in [5.74, 6) is -0.218. The van der Waals surface area contributed by atoms with Crippen molar-refractivity contribution < 1.29 is 13.5 Å². The Morgan fingerprint density at radius 1 is 1.05 bits per heavy atom. The maximum absolute atomic E-state index is 13.4. The predicted molar refractivity (Wildman–Crippen MR) is 73.3 cm³/mol. The van der Waals surface area contributed by atoms with E-state index >= 15 is 0 Å². The third kappa shape index (κ3) is 3.75. The van der Waals surface area contributed by atoms with E-state index in [1.165, 1.54) is 30.3 Å². The third-order valence-electron chi connectivity index (χ3n) is 2.49. The molecule has 0 unspecified atom stereocenters. The van der Waals surface area contributed by atoms with E-state index in [1.54, 1.807) is 6.07 Å². The van der Waals surface area contributed by atoms with Gasteiger partial charge in [0.15, 0.2) is 0 Å². The second-order valence-corrected chi connectivity index (χ2v) is 4.86. The van der Waals surface area contributed by atoms with Crippen LogP contribution in [-0.4, -0.2) is 6.54 Å². The molecule has 2 aromatic rings. The Hall–Kier alpha value is -1.46. The minimum atomic E-state index is -0.420. The first-order valence-corrected chi connectivity index (χ1v) is 6.50. The lowest BCUT2D eigenvalue weighted by Crippen LogP contribution is -2.03. The summed E-state index contributed by atoms with van der Waals surface area (Å²) < 4.78 is 32.7. The molecule has 0 aliphatic rings. The highest BCUT2D eigenvalue weighted by atomic mass is 79.9. The van der Waals surface area contributed by atoms with Crippen molar-refractivity contribution in [2.24, 2.45) is 5.73 Å². The quantitative estimate of drug-likeness (QED) is 0.920. The van der Waals surface area contributed by atoms with Crippen LogP contribution in [0.3, 0.4) is 0 Å². The van der Waals surface area contributed by atoms with Gasteiger partial charge < -0.3 is 10.5 Å². The topological polar surface area (TPSA) is 35.2 Å². The van der Waals surface area contributed by atoms with E-state index in [2.05, 4.69) is 15.9 Å². The maximum atomic E-state index is 13.4. The van der Waals surface area contributed by atoms with Crippen molar-refractivity contribution in [2.75, 3.05) is 6.54 Å². The number of hydrogen-bond donors (Lipinski definition) is 1. The smallest absolute Gasteiger partial charge is 0.144 e. The molecule has 0 aliphatic heterocycles. The summed E-state index contributed by atoms with van der Waals surface area (Å²) in [6.07, 6.45) is 0.554. The molecule has 2 aromatic carbocycles. The van der Waals surface area contributed by atoms with Gasteiger partial charge in [-0.2, -0.15) is 0 Å². The lowest BCUT2D eigenvalue weighted by atomic mass is 10.1. The Morgan fingerprint density at radius 3 is 2.58 bits per heavy atom. The second-order valence-electron chi connectivity index (χ2n) is 4.01. The summed E-state index contributed by atoms with van der Waals surface area (Å²) in [4.78, 5) is 0. The fourth-order valence-corrected chi connectivity index (χ4v) is 2.00. The maximum Gasteiger partial charge on any atom is 0.144 e. The van der Waals surface area contributed by atoms with Crippen LogP contribution in [0.25, 0.3) is 0 Å². The molecule has 0 atom stereocenters. The van der Waals surface area contributed by atoms with Crippen molar-refractivity contribution in [3.8, 4) is 11.5 Å². The summed E-state index contributed by atoms with van der Waals surface area (Å²) in [6, 6.07) is 8.41. The molecule has 5 heteroatoms. The lowest BCUT2D eigenvalue weighted by Gasteiger charge is -2.09. The van der Waals surface area contributed by atoms with Crippen LogP contribution in [0.15, 0.2) is 40.9 Å². The minimum Gasteiger partial charge on any atom is -0.456 e. The number of halogens is 3. The first-order valence-electron chi connectivity index (χ1n) is 5.71. The van der Waals surface area contributed by atoms with E-state index in [4.69, 9.17) is 10.5 Å².